The van der Waals surface area contributed by atoms with E-state index in [-0.39, 0.29) is 5.95 Å². The molecule has 0 spiro atoms. The highest BCUT2D eigenvalue weighted by molar-refractivity contribution is 8.01. The maximum Gasteiger partial charge on any atom is 0.219 e. The standard InChI is InChI=1S/C18H21N5OS2/c1-24-5-6-25-17-15(19)14-12(10-3-2-4-10)7-13(23-16(14)26-17)11-8-21-18(20)22-9-11/h7-10H,2-6,19H2,1H3,(H2,20,21,22). The van der Waals surface area contributed by atoms with Crippen LogP contribution in [0, 0.1) is 0 Å². The smallest absolute Gasteiger partial charge is 0.219 e. The predicted octanol–water partition coefficient (Wildman–Crippen LogP) is 3.92. The molecule has 0 saturated heterocycles. The fourth-order valence-electron chi connectivity index (χ4n) is 3.11. The van der Waals surface area contributed by atoms with Crippen LogP contribution in [0.3, 0.4) is 0 Å². The van der Waals surface area contributed by atoms with Crippen LogP contribution >= 0.6 is 23.1 Å². The minimum absolute atomic E-state index is 0.270. The van der Waals surface area contributed by atoms with Crippen molar-refractivity contribution in [3.63, 3.8) is 0 Å². The number of methoxy groups -OCH3 is 1. The molecule has 3 aromatic heterocycles. The topological polar surface area (TPSA) is 99.9 Å². The van der Waals surface area contributed by atoms with Crippen LogP contribution in [0.5, 0.6) is 0 Å². The van der Waals surface area contributed by atoms with Crippen molar-refractivity contribution in [2.24, 2.45) is 0 Å². The van der Waals surface area contributed by atoms with E-state index in [2.05, 4.69) is 16.0 Å². The molecule has 3 heterocycles. The number of hydrogen-bond donors (Lipinski definition) is 2. The lowest BCUT2D eigenvalue weighted by Crippen LogP contribution is -2.10. The summed E-state index contributed by atoms with van der Waals surface area (Å²) in [5.74, 6) is 1.71. The second-order valence-electron chi connectivity index (χ2n) is 6.38. The summed E-state index contributed by atoms with van der Waals surface area (Å²) in [7, 11) is 1.71. The van der Waals surface area contributed by atoms with Gasteiger partial charge >= 0.3 is 0 Å². The van der Waals surface area contributed by atoms with E-state index >= 15 is 0 Å². The highest BCUT2D eigenvalue weighted by Crippen LogP contribution is 2.47. The number of thiophene rings is 1. The van der Waals surface area contributed by atoms with E-state index in [1.165, 1.54) is 24.8 Å². The maximum atomic E-state index is 6.51. The number of rotatable bonds is 6. The molecule has 4 N–H and O–H groups in total. The molecule has 0 unspecified atom stereocenters. The summed E-state index contributed by atoms with van der Waals surface area (Å²) in [6.07, 6.45) is 7.14. The summed E-state index contributed by atoms with van der Waals surface area (Å²) in [4.78, 5) is 14.1. The Bertz CT molecular complexity index is 921. The van der Waals surface area contributed by atoms with Crippen molar-refractivity contribution in [1.82, 2.24) is 15.0 Å². The van der Waals surface area contributed by atoms with Crippen molar-refractivity contribution in [3.8, 4) is 11.3 Å². The first kappa shape index (κ1) is 17.5. The number of hydrogen-bond acceptors (Lipinski definition) is 8. The van der Waals surface area contributed by atoms with Crippen molar-refractivity contribution in [2.75, 3.05) is 30.9 Å². The second kappa shape index (κ2) is 7.38. The third-order valence-electron chi connectivity index (χ3n) is 4.73. The van der Waals surface area contributed by atoms with Crippen molar-refractivity contribution in [3.05, 3.63) is 24.0 Å². The van der Waals surface area contributed by atoms with Gasteiger partial charge in [-0.1, -0.05) is 6.42 Å². The van der Waals surface area contributed by atoms with Crippen LogP contribution in [-0.4, -0.2) is 34.4 Å². The Morgan fingerprint density at radius 1 is 1.27 bits per heavy atom. The summed E-state index contributed by atoms with van der Waals surface area (Å²) < 4.78 is 6.28. The number of anilines is 2. The second-order valence-corrected chi connectivity index (χ2v) is 8.74. The van der Waals surface area contributed by atoms with E-state index in [0.29, 0.717) is 12.5 Å². The number of thioether (sulfide) groups is 1. The molecule has 8 heteroatoms. The first-order chi connectivity index (χ1) is 12.7. The van der Waals surface area contributed by atoms with Crippen LogP contribution in [0.25, 0.3) is 21.5 Å². The number of nitrogens with two attached hydrogens (primary N) is 2. The Balaban J connectivity index is 1.81. The summed E-state index contributed by atoms with van der Waals surface area (Å²) in [5, 5.41) is 1.12. The van der Waals surface area contributed by atoms with Crippen LogP contribution in [0.15, 0.2) is 22.7 Å². The van der Waals surface area contributed by atoms with Gasteiger partial charge in [0.25, 0.3) is 0 Å². The van der Waals surface area contributed by atoms with Crippen molar-refractivity contribution < 1.29 is 4.74 Å². The molecule has 1 aliphatic carbocycles. The van der Waals surface area contributed by atoms with Gasteiger partial charge in [-0.15, -0.1) is 23.1 Å². The van der Waals surface area contributed by atoms with Crippen LogP contribution < -0.4 is 11.5 Å². The molecular weight excluding hydrogens is 366 g/mol. The average Bonchev–Trinajstić information content (AvgIpc) is 2.90. The number of pyridine rings is 1. The first-order valence-electron chi connectivity index (χ1n) is 8.60. The quantitative estimate of drug-likeness (QED) is 0.488. The molecule has 0 aromatic carbocycles. The number of nitrogens with zero attached hydrogens (tertiary/aromatic N) is 3. The predicted molar refractivity (Wildman–Crippen MR) is 109 cm³/mol. The minimum atomic E-state index is 0.270. The lowest BCUT2D eigenvalue weighted by atomic mass is 9.79. The van der Waals surface area contributed by atoms with Crippen molar-refractivity contribution in [2.45, 2.75) is 29.4 Å². The maximum absolute atomic E-state index is 6.51. The molecule has 1 fully saturated rings. The zero-order valence-corrected chi connectivity index (χ0v) is 16.2. The first-order valence-corrected chi connectivity index (χ1v) is 10.4. The van der Waals surface area contributed by atoms with Gasteiger partial charge in [0.2, 0.25) is 5.95 Å². The minimum Gasteiger partial charge on any atom is -0.397 e. The number of fused-ring (bicyclic) bond motifs is 1. The zero-order valence-electron chi connectivity index (χ0n) is 14.6. The van der Waals surface area contributed by atoms with Gasteiger partial charge in [-0.2, -0.15) is 0 Å². The molecule has 0 aliphatic heterocycles. The lowest BCUT2D eigenvalue weighted by Gasteiger charge is -2.27. The van der Waals surface area contributed by atoms with Crippen LogP contribution in [0.2, 0.25) is 0 Å². The van der Waals surface area contributed by atoms with Gasteiger partial charge in [0, 0.05) is 36.2 Å². The van der Waals surface area contributed by atoms with Gasteiger partial charge in [-0.05, 0) is 30.4 Å². The van der Waals surface area contributed by atoms with Crippen LogP contribution in [0.1, 0.15) is 30.7 Å². The summed E-state index contributed by atoms with van der Waals surface area (Å²) in [6, 6.07) is 2.16. The normalized spacial score (nSPS) is 14.7. The third-order valence-corrected chi connectivity index (χ3v) is 7.08. The number of aromatic nitrogens is 3. The molecule has 0 amide bonds. The molecular formula is C18H21N5OS2. The van der Waals surface area contributed by atoms with Crippen LogP contribution in [0.4, 0.5) is 11.6 Å². The highest BCUT2D eigenvalue weighted by Gasteiger charge is 2.26. The number of nitrogen functional groups attached to an aromatic ring is 2. The van der Waals surface area contributed by atoms with E-state index in [9.17, 15) is 0 Å². The molecule has 0 radical (unpaired) electrons. The van der Waals surface area contributed by atoms with E-state index in [0.717, 1.165) is 37.1 Å². The Morgan fingerprint density at radius 2 is 2.04 bits per heavy atom. The summed E-state index contributed by atoms with van der Waals surface area (Å²) in [6.45, 7) is 0.704. The molecule has 1 saturated carbocycles. The number of ether oxygens (including phenoxy) is 1. The lowest BCUT2D eigenvalue weighted by molar-refractivity contribution is 0.218. The van der Waals surface area contributed by atoms with E-state index in [4.69, 9.17) is 21.2 Å². The van der Waals surface area contributed by atoms with Gasteiger partial charge < -0.3 is 16.2 Å². The molecule has 6 nitrogen and oxygen atoms in total. The highest BCUT2D eigenvalue weighted by atomic mass is 32.2. The molecule has 4 rings (SSSR count). The third kappa shape index (κ3) is 3.24. The van der Waals surface area contributed by atoms with Gasteiger partial charge in [0.1, 0.15) is 4.83 Å². The van der Waals surface area contributed by atoms with Crippen molar-refractivity contribution in [1.29, 1.82) is 0 Å². The monoisotopic (exact) mass is 387 g/mol. The Hall–Kier alpha value is -1.90. The molecule has 136 valence electrons. The van der Waals surface area contributed by atoms with E-state index in [1.54, 1.807) is 42.6 Å². The van der Waals surface area contributed by atoms with Crippen molar-refractivity contribution >= 4 is 45.0 Å². The van der Waals surface area contributed by atoms with Gasteiger partial charge in [0.15, 0.2) is 0 Å². The van der Waals surface area contributed by atoms with E-state index < -0.39 is 0 Å². The van der Waals surface area contributed by atoms with E-state index in [1.807, 2.05) is 0 Å². The molecule has 26 heavy (non-hydrogen) atoms. The summed E-state index contributed by atoms with van der Waals surface area (Å²) in [5.41, 5.74) is 16.1. The zero-order chi connectivity index (χ0) is 18.1. The summed E-state index contributed by atoms with van der Waals surface area (Å²) >= 11 is 3.39. The van der Waals surface area contributed by atoms with Gasteiger partial charge in [-0.3, -0.25) is 0 Å². The Kier molecular flexibility index (Phi) is 4.97. The molecule has 0 bridgehead atoms. The van der Waals surface area contributed by atoms with Gasteiger partial charge in [0.05, 0.1) is 22.2 Å². The SMILES string of the molecule is COCCSc1sc2nc(-c3cnc(N)nc3)cc(C3CCC3)c2c1N. The molecule has 0 atom stereocenters. The fraction of sp³-hybridized carbons (Fsp3) is 0.389. The Labute approximate surface area is 160 Å². The molecule has 1 aliphatic rings. The fourth-order valence-corrected chi connectivity index (χ4v) is 5.39. The van der Waals surface area contributed by atoms with Crippen LogP contribution in [-0.2, 0) is 4.74 Å². The molecule has 3 aromatic rings. The van der Waals surface area contributed by atoms with Gasteiger partial charge in [-0.25, -0.2) is 15.0 Å². The average molecular weight is 388 g/mol. The largest absolute Gasteiger partial charge is 0.397 e. The Morgan fingerprint density at radius 3 is 2.69 bits per heavy atom.